The molecule has 34 heavy (non-hydrogen) atoms. The molecule has 0 aliphatic carbocycles. The number of carbonyl (C=O) groups is 4. The van der Waals surface area contributed by atoms with Gasteiger partial charge in [0, 0.05) is 13.2 Å². The Morgan fingerprint density at radius 1 is 0.706 bits per heavy atom. The van der Waals surface area contributed by atoms with Gasteiger partial charge in [-0.25, -0.2) is 9.80 Å². The predicted molar refractivity (Wildman–Crippen MR) is 120 cm³/mol. The third kappa shape index (κ3) is 4.63. The maximum absolute atomic E-state index is 12.9. The minimum Gasteiger partial charge on any atom is -0.372 e. The van der Waals surface area contributed by atoms with Gasteiger partial charge in [-0.05, 0) is 49.9 Å². The Hall–Kier alpha value is -2.66. The number of imide groups is 2. The molecule has 4 aliphatic heterocycles. The van der Waals surface area contributed by atoms with Crippen LogP contribution in [0.5, 0.6) is 0 Å². The minimum absolute atomic E-state index is 0.138. The second kappa shape index (κ2) is 9.91. The Kier molecular flexibility index (Phi) is 6.73. The second-order valence-electron chi connectivity index (χ2n) is 9.49. The Balaban J connectivity index is 1.20. The largest absolute Gasteiger partial charge is 0.372 e. The molecule has 4 heterocycles. The molecule has 0 saturated carbocycles. The van der Waals surface area contributed by atoms with Gasteiger partial charge in [0.25, 0.3) is 11.8 Å². The van der Waals surface area contributed by atoms with Crippen molar-refractivity contribution in [3.8, 4) is 0 Å². The van der Waals surface area contributed by atoms with Crippen LogP contribution in [-0.2, 0) is 28.7 Å². The first-order valence-electron chi connectivity index (χ1n) is 12.2. The molecule has 4 atom stereocenters. The van der Waals surface area contributed by atoms with E-state index < -0.39 is 12.1 Å². The molecule has 0 radical (unpaired) electrons. The Morgan fingerprint density at radius 3 is 1.47 bits per heavy atom. The number of carbonyl (C=O) groups excluding carboxylic acids is 4. The highest BCUT2D eigenvalue weighted by Crippen LogP contribution is 2.27. The number of anilines is 2. The molecule has 4 fully saturated rings. The Morgan fingerprint density at radius 2 is 1.12 bits per heavy atom. The molecule has 0 spiro atoms. The maximum atomic E-state index is 12.9. The molecule has 1 aromatic rings. The molecule has 4 saturated heterocycles. The van der Waals surface area contributed by atoms with Crippen LogP contribution >= 0.6 is 0 Å². The molecule has 0 bridgehead atoms. The van der Waals surface area contributed by atoms with Crippen molar-refractivity contribution < 1.29 is 39.3 Å². The van der Waals surface area contributed by atoms with Crippen LogP contribution in [0.1, 0.15) is 38.5 Å². The first kappa shape index (κ1) is 23.1. The molecular formula is C24H32N4O6+2. The van der Waals surface area contributed by atoms with Gasteiger partial charge in [-0.3, -0.25) is 19.2 Å². The highest BCUT2D eigenvalue weighted by Gasteiger charge is 2.44. The fourth-order valence-electron chi connectivity index (χ4n) is 5.26. The average Bonchev–Trinajstić information content (AvgIpc) is 3.61. The van der Waals surface area contributed by atoms with Gasteiger partial charge in [-0.2, -0.15) is 0 Å². The van der Waals surface area contributed by atoms with Crippen LogP contribution in [-0.4, -0.2) is 74.2 Å². The molecule has 0 unspecified atom stereocenters. The predicted octanol–water partition coefficient (Wildman–Crippen LogP) is -1.56. The smallest absolute Gasteiger partial charge is 0.292 e. The van der Waals surface area contributed by atoms with Crippen molar-refractivity contribution in [1.29, 1.82) is 0 Å². The summed E-state index contributed by atoms with van der Waals surface area (Å²) in [6.07, 6.45) is 4.61. The van der Waals surface area contributed by atoms with Gasteiger partial charge in [-0.1, -0.05) is 0 Å². The number of amides is 4. The van der Waals surface area contributed by atoms with Crippen LogP contribution in [0.15, 0.2) is 24.3 Å². The summed E-state index contributed by atoms with van der Waals surface area (Å²) in [5, 5.41) is 3.80. The van der Waals surface area contributed by atoms with E-state index in [1.165, 1.54) is 9.80 Å². The molecule has 5 rings (SSSR count). The normalized spacial score (nSPS) is 29.8. The lowest BCUT2D eigenvalue weighted by molar-refractivity contribution is -0.680. The van der Waals surface area contributed by atoms with E-state index in [1.807, 2.05) is 10.6 Å². The van der Waals surface area contributed by atoms with E-state index >= 15 is 0 Å². The Bertz CT molecular complexity index is 878. The van der Waals surface area contributed by atoms with E-state index in [0.29, 0.717) is 24.5 Å². The zero-order valence-corrected chi connectivity index (χ0v) is 19.2. The highest BCUT2D eigenvalue weighted by atomic mass is 16.5. The number of nitrogens with zero attached hydrogens (tertiary/aromatic N) is 2. The second-order valence-corrected chi connectivity index (χ2v) is 9.49. The summed E-state index contributed by atoms with van der Waals surface area (Å²) in [5.41, 5.74) is 0.903. The van der Waals surface area contributed by atoms with Crippen LogP contribution in [0.2, 0.25) is 0 Å². The fraction of sp³-hybridized carbons (Fsp3) is 0.583. The van der Waals surface area contributed by atoms with Crippen molar-refractivity contribution in [3.05, 3.63) is 24.3 Å². The summed E-state index contributed by atoms with van der Waals surface area (Å²) in [6, 6.07) is 5.60. The summed E-state index contributed by atoms with van der Waals surface area (Å²) in [4.78, 5) is 53.3. The molecule has 10 heteroatoms. The molecule has 4 N–H and O–H groups in total. The van der Waals surface area contributed by atoms with Crippen LogP contribution < -0.4 is 20.4 Å². The number of rotatable bonds is 8. The molecule has 182 valence electrons. The number of hydrogen-bond acceptors (Lipinski definition) is 6. The third-order valence-electron chi connectivity index (χ3n) is 7.14. The third-order valence-corrected chi connectivity index (χ3v) is 7.14. The van der Waals surface area contributed by atoms with Crippen molar-refractivity contribution in [3.63, 3.8) is 0 Å². The molecule has 4 amide bonds. The molecule has 4 aliphatic rings. The van der Waals surface area contributed by atoms with Gasteiger partial charge in [-0.15, -0.1) is 0 Å². The van der Waals surface area contributed by atoms with Gasteiger partial charge in [0.05, 0.1) is 24.2 Å². The number of benzene rings is 1. The number of quaternary nitrogens is 2. The number of hydrogen-bond donors (Lipinski definition) is 2. The lowest BCUT2D eigenvalue weighted by atomic mass is 10.2. The van der Waals surface area contributed by atoms with Crippen molar-refractivity contribution in [2.45, 2.75) is 62.8 Å². The lowest BCUT2D eigenvalue weighted by Gasteiger charge is -2.18. The maximum Gasteiger partial charge on any atom is 0.292 e. The van der Waals surface area contributed by atoms with Crippen molar-refractivity contribution >= 4 is 35.0 Å². The van der Waals surface area contributed by atoms with Crippen LogP contribution in [0.25, 0.3) is 0 Å². The quantitative estimate of drug-likeness (QED) is 0.441. The first-order valence-corrected chi connectivity index (χ1v) is 12.2. The highest BCUT2D eigenvalue weighted by molar-refractivity contribution is 6.23. The summed E-state index contributed by atoms with van der Waals surface area (Å²) in [6.45, 7) is 2.84. The van der Waals surface area contributed by atoms with Crippen molar-refractivity contribution in [2.24, 2.45) is 0 Å². The van der Waals surface area contributed by atoms with E-state index in [9.17, 15) is 19.2 Å². The van der Waals surface area contributed by atoms with Crippen LogP contribution in [0.3, 0.4) is 0 Å². The van der Waals surface area contributed by atoms with Gasteiger partial charge in [0.15, 0.2) is 12.1 Å². The van der Waals surface area contributed by atoms with Gasteiger partial charge in [0.1, 0.15) is 25.3 Å². The Labute approximate surface area is 197 Å². The van der Waals surface area contributed by atoms with E-state index in [1.54, 1.807) is 24.3 Å². The van der Waals surface area contributed by atoms with E-state index in [2.05, 4.69) is 0 Å². The summed E-state index contributed by atoms with van der Waals surface area (Å²) in [7, 11) is 0. The van der Waals surface area contributed by atoms with E-state index in [-0.39, 0.29) is 48.7 Å². The van der Waals surface area contributed by atoms with Crippen molar-refractivity contribution in [2.75, 3.05) is 36.1 Å². The van der Waals surface area contributed by atoms with Crippen LogP contribution in [0.4, 0.5) is 11.4 Å². The molecule has 10 nitrogen and oxygen atoms in total. The summed E-state index contributed by atoms with van der Waals surface area (Å²) in [5.74, 6) is -0.979. The number of nitrogens with two attached hydrogens (primary N) is 2. The van der Waals surface area contributed by atoms with E-state index in [0.717, 1.165) is 38.9 Å². The molecular weight excluding hydrogens is 440 g/mol. The zero-order valence-electron chi connectivity index (χ0n) is 19.2. The van der Waals surface area contributed by atoms with Gasteiger partial charge < -0.3 is 20.1 Å². The van der Waals surface area contributed by atoms with Crippen molar-refractivity contribution in [1.82, 2.24) is 0 Å². The minimum atomic E-state index is -0.446. The van der Waals surface area contributed by atoms with Gasteiger partial charge in [0.2, 0.25) is 11.8 Å². The lowest BCUT2D eigenvalue weighted by Crippen LogP contribution is -2.93. The van der Waals surface area contributed by atoms with Crippen LogP contribution in [0, 0.1) is 0 Å². The average molecular weight is 473 g/mol. The summed E-state index contributed by atoms with van der Waals surface area (Å²) < 4.78 is 11.2. The number of ether oxygens (including phenoxy) is 2. The zero-order chi connectivity index (χ0) is 23.7. The SMILES string of the molecule is O=C1C[C@H]([NH2+]C[C@@H]2CCCO2)C(=O)N1c1ccc(N2C(=O)C[C@@H]([NH2+]C[C@@H]3CCCO3)C2=O)cc1. The molecule has 0 aromatic heterocycles. The topological polar surface area (TPSA) is 126 Å². The fourth-order valence-corrected chi connectivity index (χ4v) is 5.26. The van der Waals surface area contributed by atoms with Gasteiger partial charge >= 0.3 is 0 Å². The summed E-state index contributed by atoms with van der Waals surface area (Å²) >= 11 is 0. The van der Waals surface area contributed by atoms with E-state index in [4.69, 9.17) is 9.47 Å². The monoisotopic (exact) mass is 472 g/mol. The molecule has 1 aromatic carbocycles. The first-order chi connectivity index (χ1) is 16.5. The standard InChI is InChI=1S/C24H30N4O6/c29-21-11-19(25-13-17-3-1-9-33-17)23(31)27(21)15-5-7-16(8-6-15)28-22(30)12-20(24(28)32)26-14-18-4-2-10-34-18/h5-8,17-20,25-26H,1-4,9-14H2/p+2/t17-,18-,19-,20+/m0/s1.